The number of nitrogens with two attached hydrogens (primary N) is 1. The van der Waals surface area contributed by atoms with E-state index in [9.17, 15) is 14.9 Å². The van der Waals surface area contributed by atoms with Crippen molar-refractivity contribution in [3.05, 3.63) is 33.9 Å². The van der Waals surface area contributed by atoms with E-state index in [0.717, 1.165) is 12.0 Å². The molecule has 1 rings (SSSR count). The number of anilines is 1. The van der Waals surface area contributed by atoms with Crippen molar-refractivity contribution < 1.29 is 9.72 Å². The fraction of sp³-hybridized carbons (Fsp3) is 0.533. The topological polar surface area (TPSA) is 98.3 Å². The van der Waals surface area contributed by atoms with E-state index in [1.807, 2.05) is 6.92 Å². The van der Waals surface area contributed by atoms with Gasteiger partial charge in [-0.2, -0.15) is 0 Å². The van der Waals surface area contributed by atoms with Crippen molar-refractivity contribution in [2.75, 3.05) is 11.9 Å². The van der Waals surface area contributed by atoms with Crippen molar-refractivity contribution in [3.63, 3.8) is 0 Å². The Labute approximate surface area is 124 Å². The molecule has 1 aromatic carbocycles. The van der Waals surface area contributed by atoms with E-state index < -0.39 is 4.92 Å². The van der Waals surface area contributed by atoms with E-state index in [1.54, 1.807) is 12.1 Å². The molecule has 0 aliphatic heterocycles. The Morgan fingerprint density at radius 1 is 1.38 bits per heavy atom. The van der Waals surface area contributed by atoms with Crippen LogP contribution in [0, 0.1) is 22.5 Å². The second-order valence-electron chi connectivity index (χ2n) is 6.03. The Morgan fingerprint density at radius 2 is 2.05 bits per heavy atom. The lowest BCUT2D eigenvalue weighted by Gasteiger charge is -2.23. The molecule has 0 saturated carbocycles. The van der Waals surface area contributed by atoms with Crippen molar-refractivity contribution in [2.45, 2.75) is 40.0 Å². The highest BCUT2D eigenvalue weighted by Crippen LogP contribution is 2.28. The van der Waals surface area contributed by atoms with E-state index in [2.05, 4.69) is 19.2 Å². The number of nitro groups is 1. The number of hydrogen-bond acceptors (Lipinski definition) is 4. The summed E-state index contributed by atoms with van der Waals surface area (Å²) in [4.78, 5) is 22.4. The first kappa shape index (κ1) is 17.1. The monoisotopic (exact) mass is 293 g/mol. The maximum absolute atomic E-state index is 12.0. The molecule has 116 valence electrons. The zero-order chi connectivity index (χ0) is 16.0. The lowest BCUT2D eigenvalue weighted by Crippen LogP contribution is -2.21. The van der Waals surface area contributed by atoms with Crippen LogP contribution in [-0.2, 0) is 4.79 Å². The molecule has 6 heteroatoms. The van der Waals surface area contributed by atoms with Crippen LogP contribution >= 0.6 is 0 Å². The molecule has 1 amide bonds. The van der Waals surface area contributed by atoms with Crippen LogP contribution in [0.1, 0.15) is 38.7 Å². The summed E-state index contributed by atoms with van der Waals surface area (Å²) in [5.41, 5.74) is 6.55. The summed E-state index contributed by atoms with van der Waals surface area (Å²) >= 11 is 0. The number of nitro benzene ring substituents is 1. The van der Waals surface area contributed by atoms with Gasteiger partial charge >= 0.3 is 0 Å². The lowest BCUT2D eigenvalue weighted by atomic mass is 9.84. The van der Waals surface area contributed by atoms with Crippen LogP contribution in [0.5, 0.6) is 0 Å². The van der Waals surface area contributed by atoms with Crippen LogP contribution in [0.4, 0.5) is 11.4 Å². The van der Waals surface area contributed by atoms with Gasteiger partial charge in [0.05, 0.1) is 4.92 Å². The molecule has 0 unspecified atom stereocenters. The number of aryl methyl sites for hydroxylation is 1. The average molecular weight is 293 g/mol. The van der Waals surface area contributed by atoms with Crippen LogP contribution in [-0.4, -0.2) is 17.4 Å². The summed E-state index contributed by atoms with van der Waals surface area (Å²) in [5, 5.41) is 13.6. The molecule has 6 nitrogen and oxygen atoms in total. The minimum Gasteiger partial charge on any atom is -0.330 e. The molecular weight excluding hydrogens is 270 g/mol. The van der Waals surface area contributed by atoms with E-state index >= 15 is 0 Å². The van der Waals surface area contributed by atoms with Gasteiger partial charge in [0.1, 0.15) is 5.69 Å². The number of benzene rings is 1. The summed E-state index contributed by atoms with van der Waals surface area (Å²) in [6, 6.07) is 4.67. The first-order chi connectivity index (χ1) is 9.75. The van der Waals surface area contributed by atoms with Gasteiger partial charge < -0.3 is 11.1 Å². The molecule has 0 bridgehead atoms. The molecule has 0 aliphatic carbocycles. The highest BCUT2D eigenvalue weighted by molar-refractivity contribution is 5.93. The summed E-state index contributed by atoms with van der Waals surface area (Å²) in [7, 11) is 0. The largest absolute Gasteiger partial charge is 0.330 e. The average Bonchev–Trinajstić information content (AvgIpc) is 2.36. The summed E-state index contributed by atoms with van der Waals surface area (Å²) in [6.07, 6.45) is 1.85. The molecule has 0 radical (unpaired) electrons. The van der Waals surface area contributed by atoms with Gasteiger partial charge in [-0.3, -0.25) is 14.9 Å². The summed E-state index contributed by atoms with van der Waals surface area (Å²) < 4.78 is 0. The molecule has 0 spiro atoms. The van der Waals surface area contributed by atoms with E-state index in [1.165, 1.54) is 6.07 Å². The van der Waals surface area contributed by atoms with Crippen molar-refractivity contribution in [2.24, 2.45) is 11.1 Å². The van der Waals surface area contributed by atoms with Gasteiger partial charge in [0, 0.05) is 12.5 Å². The van der Waals surface area contributed by atoms with E-state index in [-0.39, 0.29) is 22.7 Å². The molecule has 0 fully saturated rings. The van der Waals surface area contributed by atoms with Crippen molar-refractivity contribution in [3.8, 4) is 0 Å². The van der Waals surface area contributed by atoms with Crippen LogP contribution in [0.25, 0.3) is 0 Å². The van der Waals surface area contributed by atoms with E-state index in [4.69, 9.17) is 5.73 Å². The zero-order valence-corrected chi connectivity index (χ0v) is 12.8. The van der Waals surface area contributed by atoms with Gasteiger partial charge in [-0.15, -0.1) is 0 Å². The fourth-order valence-electron chi connectivity index (χ4n) is 2.09. The van der Waals surface area contributed by atoms with Crippen molar-refractivity contribution >= 4 is 17.3 Å². The van der Waals surface area contributed by atoms with Gasteiger partial charge in [0.15, 0.2) is 0 Å². The maximum atomic E-state index is 12.0. The van der Waals surface area contributed by atoms with Gasteiger partial charge in [0.2, 0.25) is 5.91 Å². The minimum atomic E-state index is -0.493. The Bertz CT molecular complexity index is 527. The third kappa shape index (κ3) is 5.51. The minimum absolute atomic E-state index is 0.00930. The highest BCUT2D eigenvalue weighted by Gasteiger charge is 2.20. The van der Waals surface area contributed by atoms with Crippen LogP contribution in [0.15, 0.2) is 18.2 Å². The Hall–Kier alpha value is -1.95. The molecule has 21 heavy (non-hydrogen) atoms. The first-order valence-corrected chi connectivity index (χ1v) is 7.00. The molecule has 0 atom stereocenters. The van der Waals surface area contributed by atoms with E-state index in [0.29, 0.717) is 19.4 Å². The second kappa shape index (κ2) is 7.17. The SMILES string of the molecule is Cc1ccc([N+](=O)[O-])c(NC(=O)CCC(C)(C)CCN)c1. The van der Waals surface area contributed by atoms with Crippen LogP contribution < -0.4 is 11.1 Å². The number of amides is 1. The quantitative estimate of drug-likeness (QED) is 0.596. The van der Waals surface area contributed by atoms with Gasteiger partial charge in [-0.25, -0.2) is 0 Å². The van der Waals surface area contributed by atoms with Crippen molar-refractivity contribution in [1.29, 1.82) is 0 Å². The molecule has 0 saturated heterocycles. The molecule has 0 heterocycles. The molecule has 1 aromatic rings. The van der Waals surface area contributed by atoms with Gasteiger partial charge in [0.25, 0.3) is 5.69 Å². The Morgan fingerprint density at radius 3 is 2.62 bits per heavy atom. The maximum Gasteiger partial charge on any atom is 0.292 e. The second-order valence-corrected chi connectivity index (χ2v) is 6.03. The normalized spacial score (nSPS) is 11.2. The Balaban J connectivity index is 2.71. The Kier molecular flexibility index (Phi) is 5.84. The third-order valence-corrected chi connectivity index (χ3v) is 3.47. The molecule has 3 N–H and O–H groups in total. The van der Waals surface area contributed by atoms with Crippen LogP contribution in [0.2, 0.25) is 0 Å². The highest BCUT2D eigenvalue weighted by atomic mass is 16.6. The van der Waals surface area contributed by atoms with Crippen molar-refractivity contribution in [1.82, 2.24) is 0 Å². The standard InChI is InChI=1S/C15H23N3O3/c1-11-4-5-13(18(20)21)12(10-11)17-14(19)6-7-15(2,3)8-9-16/h4-5,10H,6-9,16H2,1-3H3,(H,17,19). The van der Waals surface area contributed by atoms with Crippen LogP contribution in [0.3, 0.4) is 0 Å². The number of carbonyl (C=O) groups is 1. The molecule has 0 aliphatic rings. The number of rotatable bonds is 7. The number of nitrogens with one attached hydrogen (secondary N) is 1. The number of hydrogen-bond donors (Lipinski definition) is 2. The molecule has 0 aromatic heterocycles. The third-order valence-electron chi connectivity index (χ3n) is 3.47. The first-order valence-electron chi connectivity index (χ1n) is 7.00. The predicted octanol–water partition coefficient (Wildman–Crippen LogP) is 3.00. The predicted molar refractivity (Wildman–Crippen MR) is 83.1 cm³/mol. The molecular formula is C15H23N3O3. The summed E-state index contributed by atoms with van der Waals surface area (Å²) in [6.45, 7) is 6.52. The lowest BCUT2D eigenvalue weighted by molar-refractivity contribution is -0.383. The van der Waals surface area contributed by atoms with Gasteiger partial charge in [-0.05, 0) is 43.4 Å². The summed E-state index contributed by atoms with van der Waals surface area (Å²) in [5.74, 6) is -0.214. The smallest absolute Gasteiger partial charge is 0.292 e. The zero-order valence-electron chi connectivity index (χ0n) is 12.8. The fourth-order valence-corrected chi connectivity index (χ4v) is 2.09. The van der Waals surface area contributed by atoms with Gasteiger partial charge in [-0.1, -0.05) is 19.9 Å². The number of carbonyl (C=O) groups excluding carboxylic acids is 1. The number of nitrogens with zero attached hydrogens (tertiary/aromatic N) is 1.